The summed E-state index contributed by atoms with van der Waals surface area (Å²) in [6, 6.07) is 3.94. The molecule has 1 heterocycles. The van der Waals surface area contributed by atoms with Crippen LogP contribution >= 0.6 is 11.6 Å². The van der Waals surface area contributed by atoms with Crippen molar-refractivity contribution in [3.8, 4) is 0 Å². The van der Waals surface area contributed by atoms with Crippen LogP contribution in [0.2, 0.25) is 0 Å². The Labute approximate surface area is 95.2 Å². The Morgan fingerprint density at radius 1 is 1.40 bits per heavy atom. The van der Waals surface area contributed by atoms with E-state index in [1.807, 2.05) is 19.1 Å². The largest absolute Gasteiger partial charge is 0.368 e. The number of hydrogen-bond acceptors (Lipinski definition) is 3. The molecule has 0 aromatic carbocycles. The van der Waals surface area contributed by atoms with Crippen molar-refractivity contribution in [2.45, 2.75) is 26.2 Å². The quantitative estimate of drug-likeness (QED) is 0.783. The molecule has 2 rings (SSSR count). The van der Waals surface area contributed by atoms with Gasteiger partial charge in [0.25, 0.3) is 0 Å². The van der Waals surface area contributed by atoms with Gasteiger partial charge in [-0.3, -0.25) is 0 Å². The Morgan fingerprint density at radius 2 is 2.20 bits per heavy atom. The fourth-order valence-corrected chi connectivity index (χ4v) is 2.06. The van der Waals surface area contributed by atoms with Crippen molar-refractivity contribution in [2.24, 2.45) is 5.41 Å². The molecule has 0 saturated heterocycles. The number of nitrogens with zero attached hydrogens (tertiary/aromatic N) is 2. The molecule has 3 nitrogen and oxygen atoms in total. The molecule has 82 valence electrons. The summed E-state index contributed by atoms with van der Waals surface area (Å²) in [6.07, 6.45) is 3.67. The first-order chi connectivity index (χ1) is 7.24. The average molecular weight is 226 g/mol. The number of aromatic nitrogens is 2. The highest BCUT2D eigenvalue weighted by Gasteiger charge is 2.41. The lowest BCUT2D eigenvalue weighted by molar-refractivity contribution is 0.523. The predicted octanol–water partition coefficient (Wildman–Crippen LogP) is 2.61. The van der Waals surface area contributed by atoms with Crippen LogP contribution in [0.5, 0.6) is 0 Å². The first kappa shape index (κ1) is 10.7. The van der Waals surface area contributed by atoms with Crippen molar-refractivity contribution in [3.05, 3.63) is 17.8 Å². The van der Waals surface area contributed by atoms with Gasteiger partial charge in [0, 0.05) is 12.4 Å². The van der Waals surface area contributed by atoms with Crippen molar-refractivity contribution in [3.63, 3.8) is 0 Å². The third kappa shape index (κ3) is 2.81. The standard InChI is InChI=1S/C11H16ClN3/c1-9-2-3-10(15-14-9)13-8-11(4-5-11)6-7-12/h2-3H,4-8H2,1H3,(H,13,15). The van der Waals surface area contributed by atoms with Crippen LogP contribution in [0.1, 0.15) is 25.0 Å². The molecule has 4 heteroatoms. The fraction of sp³-hybridized carbons (Fsp3) is 0.636. The van der Waals surface area contributed by atoms with Gasteiger partial charge >= 0.3 is 0 Å². The molecule has 15 heavy (non-hydrogen) atoms. The van der Waals surface area contributed by atoms with E-state index >= 15 is 0 Å². The van der Waals surface area contributed by atoms with Gasteiger partial charge in [-0.1, -0.05) is 0 Å². The molecule has 0 bridgehead atoms. The summed E-state index contributed by atoms with van der Waals surface area (Å²) in [6.45, 7) is 2.91. The minimum absolute atomic E-state index is 0.439. The van der Waals surface area contributed by atoms with Gasteiger partial charge in [-0.25, -0.2) is 0 Å². The van der Waals surface area contributed by atoms with Gasteiger partial charge in [-0.2, -0.15) is 5.10 Å². The first-order valence-corrected chi connectivity index (χ1v) is 5.88. The topological polar surface area (TPSA) is 37.8 Å². The van der Waals surface area contributed by atoms with E-state index in [1.165, 1.54) is 12.8 Å². The van der Waals surface area contributed by atoms with Crippen LogP contribution in [-0.2, 0) is 0 Å². The Hall–Kier alpha value is -0.830. The molecule has 0 spiro atoms. The second kappa shape index (κ2) is 4.35. The number of halogens is 1. The molecule has 0 radical (unpaired) electrons. The van der Waals surface area contributed by atoms with E-state index in [-0.39, 0.29) is 0 Å². The Balaban J connectivity index is 1.85. The van der Waals surface area contributed by atoms with Crippen molar-refractivity contribution in [1.29, 1.82) is 0 Å². The van der Waals surface area contributed by atoms with Crippen molar-refractivity contribution in [1.82, 2.24) is 10.2 Å². The van der Waals surface area contributed by atoms with Crippen LogP contribution < -0.4 is 5.32 Å². The van der Waals surface area contributed by atoms with Crippen LogP contribution in [0.25, 0.3) is 0 Å². The van der Waals surface area contributed by atoms with E-state index in [0.29, 0.717) is 5.41 Å². The number of hydrogen-bond donors (Lipinski definition) is 1. The highest BCUT2D eigenvalue weighted by Crippen LogP contribution is 2.48. The third-order valence-corrected chi connectivity index (χ3v) is 3.21. The van der Waals surface area contributed by atoms with E-state index in [9.17, 15) is 0 Å². The monoisotopic (exact) mass is 225 g/mol. The second-order valence-electron chi connectivity index (χ2n) is 4.35. The fourth-order valence-electron chi connectivity index (χ4n) is 1.66. The molecular weight excluding hydrogens is 210 g/mol. The molecule has 1 saturated carbocycles. The number of aryl methyl sites for hydroxylation is 1. The number of rotatable bonds is 5. The van der Waals surface area contributed by atoms with Crippen LogP contribution in [-0.4, -0.2) is 22.6 Å². The zero-order valence-corrected chi connectivity index (χ0v) is 9.72. The summed E-state index contributed by atoms with van der Waals surface area (Å²) < 4.78 is 0. The van der Waals surface area contributed by atoms with Gasteiger partial charge in [0.2, 0.25) is 0 Å². The lowest BCUT2D eigenvalue weighted by Crippen LogP contribution is -2.16. The minimum Gasteiger partial charge on any atom is -0.368 e. The SMILES string of the molecule is Cc1ccc(NCC2(CCCl)CC2)nn1. The van der Waals surface area contributed by atoms with E-state index in [0.717, 1.165) is 30.4 Å². The van der Waals surface area contributed by atoms with Gasteiger partial charge < -0.3 is 5.32 Å². The zero-order valence-electron chi connectivity index (χ0n) is 8.96. The average Bonchev–Trinajstić information content (AvgIpc) is 2.99. The zero-order chi connectivity index (χ0) is 10.7. The number of anilines is 1. The van der Waals surface area contributed by atoms with Gasteiger partial charge in [-0.15, -0.1) is 16.7 Å². The molecule has 1 aromatic heterocycles. The molecule has 0 atom stereocenters. The van der Waals surface area contributed by atoms with Crippen LogP contribution in [0, 0.1) is 12.3 Å². The van der Waals surface area contributed by atoms with Crippen molar-refractivity contribution in [2.75, 3.05) is 17.7 Å². The van der Waals surface area contributed by atoms with Gasteiger partial charge in [0.05, 0.1) is 5.69 Å². The van der Waals surface area contributed by atoms with Gasteiger partial charge in [0.1, 0.15) is 5.82 Å². The highest BCUT2D eigenvalue weighted by atomic mass is 35.5. The van der Waals surface area contributed by atoms with E-state index in [4.69, 9.17) is 11.6 Å². The van der Waals surface area contributed by atoms with Crippen LogP contribution in [0.4, 0.5) is 5.82 Å². The van der Waals surface area contributed by atoms with Gasteiger partial charge in [0.15, 0.2) is 0 Å². The maximum Gasteiger partial charge on any atom is 0.148 e. The summed E-state index contributed by atoms with van der Waals surface area (Å²) in [4.78, 5) is 0. The second-order valence-corrected chi connectivity index (χ2v) is 4.73. The van der Waals surface area contributed by atoms with E-state index in [1.54, 1.807) is 0 Å². The van der Waals surface area contributed by atoms with E-state index < -0.39 is 0 Å². The summed E-state index contributed by atoms with van der Waals surface area (Å²) in [5.41, 5.74) is 1.39. The number of nitrogens with one attached hydrogen (secondary N) is 1. The van der Waals surface area contributed by atoms with Crippen LogP contribution in [0.3, 0.4) is 0 Å². The smallest absolute Gasteiger partial charge is 0.148 e. The Kier molecular flexibility index (Phi) is 3.10. The molecule has 0 unspecified atom stereocenters. The minimum atomic E-state index is 0.439. The maximum absolute atomic E-state index is 5.77. The van der Waals surface area contributed by atoms with Gasteiger partial charge in [-0.05, 0) is 43.7 Å². The molecule has 1 fully saturated rings. The molecule has 1 aromatic rings. The molecule has 1 aliphatic rings. The number of alkyl halides is 1. The summed E-state index contributed by atoms with van der Waals surface area (Å²) in [5, 5.41) is 11.4. The first-order valence-electron chi connectivity index (χ1n) is 5.34. The van der Waals surface area contributed by atoms with E-state index in [2.05, 4.69) is 15.5 Å². The molecular formula is C11H16ClN3. The van der Waals surface area contributed by atoms with Crippen LogP contribution in [0.15, 0.2) is 12.1 Å². The summed E-state index contributed by atoms with van der Waals surface area (Å²) in [7, 11) is 0. The lowest BCUT2D eigenvalue weighted by atomic mass is 10.0. The Morgan fingerprint density at radius 3 is 2.73 bits per heavy atom. The van der Waals surface area contributed by atoms with Crippen molar-refractivity contribution < 1.29 is 0 Å². The predicted molar refractivity (Wildman–Crippen MR) is 62.3 cm³/mol. The lowest BCUT2D eigenvalue weighted by Gasteiger charge is -2.14. The summed E-state index contributed by atoms with van der Waals surface area (Å²) in [5.74, 6) is 1.61. The normalized spacial score (nSPS) is 17.5. The molecule has 0 amide bonds. The van der Waals surface area contributed by atoms with Crippen molar-refractivity contribution >= 4 is 17.4 Å². The summed E-state index contributed by atoms with van der Waals surface area (Å²) >= 11 is 5.77. The third-order valence-electron chi connectivity index (χ3n) is 3.02. The molecule has 0 aliphatic heterocycles. The molecule has 1 N–H and O–H groups in total. The Bertz CT molecular complexity index is 319. The highest BCUT2D eigenvalue weighted by molar-refractivity contribution is 6.17. The maximum atomic E-state index is 5.77. The molecule has 1 aliphatic carbocycles.